The van der Waals surface area contributed by atoms with Crippen molar-refractivity contribution in [2.75, 3.05) is 5.32 Å². The number of anilines is 1. The van der Waals surface area contributed by atoms with Gasteiger partial charge in [-0.05, 0) is 31.4 Å². The Kier molecular flexibility index (Phi) is 4.31. The molecule has 3 aromatic heterocycles. The van der Waals surface area contributed by atoms with Crippen molar-refractivity contribution < 1.29 is 9.32 Å². The number of H-pyrrole nitrogens is 1. The number of nitrogens with one attached hydrogen (secondary N) is 2. The summed E-state index contributed by atoms with van der Waals surface area (Å²) in [5, 5.41) is 10.5. The summed E-state index contributed by atoms with van der Waals surface area (Å²) in [4.78, 5) is 20.6. The number of hydrogen-bond donors (Lipinski definition) is 2. The number of carbonyl (C=O) groups is 1. The molecule has 0 radical (unpaired) electrons. The first-order chi connectivity index (χ1) is 12.9. The molecule has 0 aliphatic rings. The summed E-state index contributed by atoms with van der Waals surface area (Å²) < 4.78 is 5.21. The van der Waals surface area contributed by atoms with E-state index in [9.17, 15) is 4.79 Å². The Balaban J connectivity index is 1.61. The Bertz CT molecular complexity index is 1140. The topological polar surface area (TPSA) is 83.8 Å². The summed E-state index contributed by atoms with van der Waals surface area (Å²) in [5.41, 5.74) is 5.28. The number of amides is 1. The molecule has 0 fully saturated rings. The molecule has 2 N–H and O–H groups in total. The minimum Gasteiger partial charge on any atom is -0.361 e. The Hall–Kier alpha value is -2.93. The van der Waals surface area contributed by atoms with Crippen molar-refractivity contribution in [3.63, 3.8) is 0 Å². The van der Waals surface area contributed by atoms with Gasteiger partial charge in [-0.3, -0.25) is 10.1 Å². The van der Waals surface area contributed by atoms with E-state index < -0.39 is 0 Å². The molecule has 0 saturated heterocycles. The first-order valence-electron chi connectivity index (χ1n) is 8.75. The molecule has 4 aromatic rings. The van der Waals surface area contributed by atoms with E-state index in [0.29, 0.717) is 22.1 Å². The van der Waals surface area contributed by atoms with Crippen LogP contribution >= 0.6 is 11.3 Å². The molecule has 0 atom stereocenters. The van der Waals surface area contributed by atoms with Gasteiger partial charge in [0.15, 0.2) is 5.13 Å². The average Bonchev–Trinajstić information content (AvgIpc) is 3.32. The number of nitrogens with zero attached hydrogens (tertiary/aromatic N) is 2. The fourth-order valence-electron chi connectivity index (χ4n) is 3.13. The number of aryl methyl sites for hydroxylation is 2. The van der Waals surface area contributed by atoms with Gasteiger partial charge in [-0.2, -0.15) is 0 Å². The average molecular weight is 380 g/mol. The molecule has 0 bridgehead atoms. The van der Waals surface area contributed by atoms with E-state index in [0.717, 1.165) is 22.2 Å². The summed E-state index contributed by atoms with van der Waals surface area (Å²) in [5.74, 6) is 0.373. The third-order valence-electron chi connectivity index (χ3n) is 4.50. The SMILES string of the molecule is Cc1ccc2c(-c3csc(NC(=O)c4c(C(C)C)noc4C)n3)c[nH]c2c1. The van der Waals surface area contributed by atoms with Crippen LogP contribution in [0.5, 0.6) is 0 Å². The van der Waals surface area contributed by atoms with Gasteiger partial charge in [0.05, 0.1) is 11.4 Å². The smallest absolute Gasteiger partial charge is 0.262 e. The monoisotopic (exact) mass is 380 g/mol. The second-order valence-corrected chi connectivity index (χ2v) is 7.76. The van der Waals surface area contributed by atoms with Gasteiger partial charge in [0, 0.05) is 28.0 Å². The van der Waals surface area contributed by atoms with Gasteiger partial charge >= 0.3 is 0 Å². The van der Waals surface area contributed by atoms with Crippen molar-refractivity contribution in [2.45, 2.75) is 33.6 Å². The van der Waals surface area contributed by atoms with Crippen LogP contribution in [-0.4, -0.2) is 21.0 Å². The molecule has 0 spiro atoms. The summed E-state index contributed by atoms with van der Waals surface area (Å²) in [7, 11) is 0. The number of thiazole rings is 1. The molecule has 7 heteroatoms. The van der Waals surface area contributed by atoms with Crippen LogP contribution in [0, 0.1) is 13.8 Å². The Morgan fingerprint density at radius 2 is 2.11 bits per heavy atom. The normalized spacial score (nSPS) is 11.4. The lowest BCUT2D eigenvalue weighted by Crippen LogP contribution is -2.14. The van der Waals surface area contributed by atoms with Crippen LogP contribution in [0.4, 0.5) is 5.13 Å². The first kappa shape index (κ1) is 17.5. The van der Waals surface area contributed by atoms with Gasteiger partial charge in [-0.1, -0.05) is 31.1 Å². The highest BCUT2D eigenvalue weighted by Gasteiger charge is 2.23. The molecular weight excluding hydrogens is 360 g/mol. The highest BCUT2D eigenvalue weighted by Crippen LogP contribution is 2.32. The van der Waals surface area contributed by atoms with Crippen LogP contribution in [0.2, 0.25) is 0 Å². The summed E-state index contributed by atoms with van der Waals surface area (Å²) >= 11 is 1.40. The quantitative estimate of drug-likeness (QED) is 0.505. The predicted molar refractivity (Wildman–Crippen MR) is 107 cm³/mol. The fourth-order valence-corrected chi connectivity index (χ4v) is 3.83. The number of carbonyl (C=O) groups excluding carboxylic acids is 1. The van der Waals surface area contributed by atoms with Crippen LogP contribution in [-0.2, 0) is 0 Å². The highest BCUT2D eigenvalue weighted by molar-refractivity contribution is 7.14. The number of rotatable bonds is 4. The maximum absolute atomic E-state index is 12.7. The van der Waals surface area contributed by atoms with Crippen LogP contribution in [0.3, 0.4) is 0 Å². The zero-order chi connectivity index (χ0) is 19.1. The molecule has 3 heterocycles. The number of aromatic amines is 1. The first-order valence-corrected chi connectivity index (χ1v) is 9.63. The van der Waals surface area contributed by atoms with Gasteiger partial charge in [0.2, 0.25) is 0 Å². The van der Waals surface area contributed by atoms with Crippen molar-refractivity contribution >= 4 is 33.3 Å². The second kappa shape index (κ2) is 6.66. The molecule has 0 saturated carbocycles. The maximum atomic E-state index is 12.7. The minimum atomic E-state index is -0.243. The minimum absolute atomic E-state index is 0.102. The molecule has 27 heavy (non-hydrogen) atoms. The van der Waals surface area contributed by atoms with E-state index in [1.54, 1.807) is 6.92 Å². The molecular formula is C20H20N4O2S. The molecule has 138 valence electrons. The zero-order valence-electron chi connectivity index (χ0n) is 15.6. The van der Waals surface area contributed by atoms with Crippen molar-refractivity contribution in [1.29, 1.82) is 0 Å². The molecule has 1 aromatic carbocycles. The molecule has 1 amide bonds. The van der Waals surface area contributed by atoms with Crippen LogP contribution < -0.4 is 5.32 Å². The lowest BCUT2D eigenvalue weighted by Gasteiger charge is -2.04. The van der Waals surface area contributed by atoms with Crippen molar-refractivity contribution in [3.8, 4) is 11.3 Å². The number of fused-ring (bicyclic) bond motifs is 1. The van der Waals surface area contributed by atoms with Crippen molar-refractivity contribution in [2.24, 2.45) is 0 Å². The molecule has 6 nitrogen and oxygen atoms in total. The standard InChI is InChI=1S/C20H20N4O2S/c1-10(2)18-17(12(4)26-24-18)19(25)23-20-22-16(9-27-20)14-8-21-15-7-11(3)5-6-13(14)15/h5-10,21H,1-4H3,(H,22,23,25). The fraction of sp³-hybridized carbons (Fsp3) is 0.250. The largest absolute Gasteiger partial charge is 0.361 e. The van der Waals surface area contributed by atoms with Crippen LogP contribution in [0.1, 0.15) is 47.1 Å². The van der Waals surface area contributed by atoms with Gasteiger partial charge < -0.3 is 9.51 Å². The van der Waals surface area contributed by atoms with Gasteiger partial charge in [0.25, 0.3) is 5.91 Å². The van der Waals surface area contributed by atoms with E-state index in [4.69, 9.17) is 4.52 Å². The lowest BCUT2D eigenvalue weighted by molar-refractivity contribution is 0.102. The Labute approximate surface area is 160 Å². The third kappa shape index (κ3) is 3.14. The number of benzene rings is 1. The van der Waals surface area contributed by atoms with Crippen molar-refractivity contribution in [3.05, 3.63) is 52.4 Å². The van der Waals surface area contributed by atoms with E-state index >= 15 is 0 Å². The summed E-state index contributed by atoms with van der Waals surface area (Å²) in [6, 6.07) is 6.27. The van der Waals surface area contributed by atoms with E-state index in [-0.39, 0.29) is 11.8 Å². The lowest BCUT2D eigenvalue weighted by atomic mass is 10.0. The maximum Gasteiger partial charge on any atom is 0.262 e. The van der Waals surface area contributed by atoms with Gasteiger partial charge in [0.1, 0.15) is 11.3 Å². The predicted octanol–water partition coefficient (Wildman–Crippen LogP) is 5.27. The zero-order valence-corrected chi connectivity index (χ0v) is 16.4. The molecule has 0 aliphatic carbocycles. The van der Waals surface area contributed by atoms with Crippen LogP contribution in [0.25, 0.3) is 22.2 Å². The summed E-state index contributed by atoms with van der Waals surface area (Å²) in [6.45, 7) is 7.77. The molecule has 0 aliphatic heterocycles. The van der Waals surface area contributed by atoms with Gasteiger partial charge in [-0.15, -0.1) is 11.3 Å². The van der Waals surface area contributed by atoms with E-state index in [1.165, 1.54) is 16.9 Å². The highest BCUT2D eigenvalue weighted by atomic mass is 32.1. The third-order valence-corrected chi connectivity index (χ3v) is 5.26. The molecule has 4 rings (SSSR count). The summed E-state index contributed by atoms with van der Waals surface area (Å²) in [6.07, 6.45) is 1.95. The number of aromatic nitrogens is 3. The number of hydrogen-bond acceptors (Lipinski definition) is 5. The molecule has 0 unspecified atom stereocenters. The van der Waals surface area contributed by atoms with E-state index in [1.807, 2.05) is 25.4 Å². The van der Waals surface area contributed by atoms with E-state index in [2.05, 4.69) is 45.6 Å². The Morgan fingerprint density at radius 3 is 2.89 bits per heavy atom. The van der Waals surface area contributed by atoms with Crippen molar-refractivity contribution in [1.82, 2.24) is 15.1 Å². The van der Waals surface area contributed by atoms with Gasteiger partial charge in [-0.25, -0.2) is 4.98 Å². The Morgan fingerprint density at radius 1 is 1.30 bits per heavy atom. The van der Waals surface area contributed by atoms with Crippen LogP contribution in [0.15, 0.2) is 34.3 Å². The second-order valence-electron chi connectivity index (χ2n) is 6.90.